The van der Waals surface area contributed by atoms with Crippen molar-refractivity contribution in [2.24, 2.45) is 0 Å². The molecule has 38 heavy (non-hydrogen) atoms. The van der Waals surface area contributed by atoms with E-state index in [1.54, 1.807) is 11.0 Å². The minimum absolute atomic E-state index is 0.144. The molecule has 0 spiro atoms. The van der Waals surface area contributed by atoms with E-state index in [1.807, 2.05) is 4.90 Å². The van der Waals surface area contributed by atoms with Crippen molar-refractivity contribution < 1.29 is 27.1 Å². The molecule has 5 rings (SSSR count). The summed E-state index contributed by atoms with van der Waals surface area (Å²) in [5, 5.41) is 13.0. The lowest BCUT2D eigenvalue weighted by molar-refractivity contribution is -0.125. The first-order chi connectivity index (χ1) is 18.0. The topological polar surface area (TPSA) is 116 Å². The number of hydrogen-bond donors (Lipinski definition) is 2. The minimum Gasteiger partial charge on any atom is -0.379 e. The molecule has 12 heteroatoms. The average molecular weight is 544 g/mol. The first-order valence-electron chi connectivity index (χ1n) is 12.1. The molecule has 2 aromatic carbocycles. The summed E-state index contributed by atoms with van der Waals surface area (Å²) in [4.78, 5) is 25.7. The van der Waals surface area contributed by atoms with Crippen LogP contribution in [0.3, 0.4) is 0 Å². The van der Waals surface area contributed by atoms with Crippen molar-refractivity contribution in [2.75, 3.05) is 23.0 Å². The van der Waals surface area contributed by atoms with E-state index >= 15 is 0 Å². The maximum Gasteiger partial charge on any atom is 0.247 e. The van der Waals surface area contributed by atoms with E-state index in [4.69, 9.17) is 0 Å². The summed E-state index contributed by atoms with van der Waals surface area (Å²) in [5.41, 5.74) is 1.77. The molecule has 200 valence electrons. The number of halogens is 2. The number of nitrogens with zero attached hydrogens (tertiary/aromatic N) is 4. The van der Waals surface area contributed by atoms with Crippen LogP contribution in [0, 0.1) is 11.6 Å². The number of sulfone groups is 1. The number of fused-ring (bicyclic) bond motifs is 1. The Bertz CT molecular complexity index is 1460. The highest BCUT2D eigenvalue weighted by Crippen LogP contribution is 2.38. The molecule has 1 unspecified atom stereocenters. The van der Waals surface area contributed by atoms with Crippen molar-refractivity contribution >= 4 is 27.4 Å². The van der Waals surface area contributed by atoms with Gasteiger partial charge >= 0.3 is 0 Å². The third kappa shape index (κ3) is 5.11. The number of rotatable bonds is 6. The van der Waals surface area contributed by atoms with Gasteiger partial charge in [0.1, 0.15) is 29.7 Å². The SMILES string of the molecule is CC(O)N1Cc2cc(S(C)(=O)=O)ccc2[C@@H]1C(=O)Nc1cnc(N2CCC[C@H]2c2cc(F)cc(F)c2)cn1. The Kier molecular flexibility index (Phi) is 6.88. The third-order valence-corrected chi connectivity index (χ3v) is 8.07. The quantitative estimate of drug-likeness (QED) is 0.487. The van der Waals surface area contributed by atoms with E-state index in [9.17, 15) is 27.1 Å². The van der Waals surface area contributed by atoms with Gasteiger partial charge in [0, 0.05) is 25.4 Å². The summed E-state index contributed by atoms with van der Waals surface area (Å²) < 4.78 is 51.5. The van der Waals surface area contributed by atoms with Crippen molar-refractivity contribution in [3.63, 3.8) is 0 Å². The number of hydrogen-bond acceptors (Lipinski definition) is 8. The second kappa shape index (κ2) is 10.0. The molecule has 2 N–H and O–H groups in total. The molecule has 2 aliphatic rings. The van der Waals surface area contributed by atoms with Gasteiger partial charge in [-0.15, -0.1) is 0 Å². The Morgan fingerprint density at radius 2 is 1.87 bits per heavy atom. The molecule has 1 amide bonds. The van der Waals surface area contributed by atoms with E-state index in [-0.39, 0.29) is 23.3 Å². The molecule has 3 atom stereocenters. The van der Waals surface area contributed by atoms with Gasteiger partial charge in [0.05, 0.1) is 23.3 Å². The van der Waals surface area contributed by atoms with Gasteiger partial charge in [-0.2, -0.15) is 0 Å². The van der Waals surface area contributed by atoms with Gasteiger partial charge in [0.25, 0.3) is 0 Å². The Morgan fingerprint density at radius 3 is 2.50 bits per heavy atom. The van der Waals surface area contributed by atoms with Gasteiger partial charge in [-0.1, -0.05) is 6.07 Å². The first kappa shape index (κ1) is 26.1. The van der Waals surface area contributed by atoms with E-state index in [1.165, 1.54) is 43.6 Å². The second-order valence-electron chi connectivity index (χ2n) is 9.64. The predicted molar refractivity (Wildman–Crippen MR) is 136 cm³/mol. The fourth-order valence-corrected chi connectivity index (χ4v) is 5.88. The second-order valence-corrected chi connectivity index (χ2v) is 11.7. The van der Waals surface area contributed by atoms with Crippen LogP contribution in [0.2, 0.25) is 0 Å². The molecular formula is C26H27F2N5O4S. The Balaban J connectivity index is 1.35. The van der Waals surface area contributed by atoms with Crippen LogP contribution < -0.4 is 10.2 Å². The third-order valence-electron chi connectivity index (χ3n) is 6.96. The van der Waals surface area contributed by atoms with Crippen LogP contribution in [0.1, 0.15) is 48.5 Å². The van der Waals surface area contributed by atoms with E-state index in [2.05, 4.69) is 15.3 Å². The molecule has 3 heterocycles. The predicted octanol–water partition coefficient (Wildman–Crippen LogP) is 3.33. The van der Waals surface area contributed by atoms with Crippen LogP contribution in [-0.2, 0) is 21.2 Å². The number of nitrogens with one attached hydrogen (secondary N) is 1. The van der Waals surface area contributed by atoms with Crippen molar-refractivity contribution in [1.29, 1.82) is 0 Å². The van der Waals surface area contributed by atoms with Crippen LogP contribution in [0.25, 0.3) is 0 Å². The van der Waals surface area contributed by atoms with Gasteiger partial charge < -0.3 is 15.3 Å². The van der Waals surface area contributed by atoms with E-state index < -0.39 is 39.6 Å². The summed E-state index contributed by atoms with van der Waals surface area (Å²) >= 11 is 0. The zero-order chi connectivity index (χ0) is 27.2. The molecule has 1 aromatic heterocycles. The molecular weight excluding hydrogens is 516 g/mol. The van der Waals surface area contributed by atoms with Crippen LogP contribution in [0.15, 0.2) is 53.7 Å². The molecule has 0 bridgehead atoms. The van der Waals surface area contributed by atoms with Gasteiger partial charge in [-0.3, -0.25) is 9.69 Å². The van der Waals surface area contributed by atoms with Gasteiger partial charge in [0.2, 0.25) is 5.91 Å². The number of carbonyl (C=O) groups is 1. The Labute approximate surface area is 219 Å². The number of aliphatic hydroxyl groups excluding tert-OH is 1. The maximum absolute atomic E-state index is 13.8. The Morgan fingerprint density at radius 1 is 1.13 bits per heavy atom. The molecule has 0 saturated carbocycles. The van der Waals surface area contributed by atoms with Crippen molar-refractivity contribution in [3.05, 3.63) is 77.1 Å². The summed E-state index contributed by atoms with van der Waals surface area (Å²) in [6.07, 6.45) is 4.58. The highest BCUT2D eigenvalue weighted by molar-refractivity contribution is 7.90. The zero-order valence-corrected chi connectivity index (χ0v) is 21.6. The van der Waals surface area contributed by atoms with E-state index in [0.29, 0.717) is 35.5 Å². The normalized spacial score (nSPS) is 20.4. The lowest BCUT2D eigenvalue weighted by Crippen LogP contribution is -2.38. The highest BCUT2D eigenvalue weighted by Gasteiger charge is 2.38. The smallest absolute Gasteiger partial charge is 0.247 e. The van der Waals surface area contributed by atoms with Gasteiger partial charge in [0.15, 0.2) is 15.7 Å². The molecule has 1 saturated heterocycles. The summed E-state index contributed by atoms with van der Waals surface area (Å²) in [6, 6.07) is 6.94. The molecule has 3 aromatic rings. The lowest BCUT2D eigenvalue weighted by atomic mass is 10.0. The summed E-state index contributed by atoms with van der Waals surface area (Å²) in [7, 11) is -3.43. The molecule has 0 aliphatic carbocycles. The highest BCUT2D eigenvalue weighted by atomic mass is 32.2. The molecule has 0 radical (unpaired) electrons. The number of aliphatic hydroxyl groups is 1. The Hall–Kier alpha value is -3.48. The van der Waals surface area contributed by atoms with Crippen molar-refractivity contribution in [2.45, 2.75) is 49.5 Å². The molecule has 9 nitrogen and oxygen atoms in total. The number of benzene rings is 2. The fourth-order valence-electron chi connectivity index (χ4n) is 5.21. The number of carbonyl (C=O) groups excluding carboxylic acids is 1. The zero-order valence-electron chi connectivity index (χ0n) is 20.8. The summed E-state index contributed by atoms with van der Waals surface area (Å²) in [5.74, 6) is -1.02. The maximum atomic E-state index is 13.8. The number of amides is 1. The van der Waals surface area contributed by atoms with Crippen LogP contribution in [0.4, 0.5) is 20.4 Å². The standard InChI is InChI=1S/C26H27F2N5O4S/c1-15(34)33-14-17-10-20(38(2,36)37)5-6-21(17)25(33)26(35)31-23-12-30-24(13-29-23)32-7-3-4-22(32)16-8-18(27)11-19(28)9-16/h5-6,8-13,15,22,25,34H,3-4,7,14H2,1-2H3,(H,29,31,35)/t15?,22-,25+/m0/s1. The van der Waals surface area contributed by atoms with Gasteiger partial charge in [-0.25, -0.2) is 27.2 Å². The average Bonchev–Trinajstić information content (AvgIpc) is 3.48. The van der Waals surface area contributed by atoms with E-state index in [0.717, 1.165) is 18.7 Å². The minimum atomic E-state index is -3.43. The van der Waals surface area contributed by atoms with Crippen LogP contribution in [0.5, 0.6) is 0 Å². The van der Waals surface area contributed by atoms with Crippen LogP contribution >= 0.6 is 0 Å². The lowest BCUT2D eigenvalue weighted by Gasteiger charge is -2.27. The molecule has 2 aliphatic heterocycles. The number of aromatic nitrogens is 2. The fraction of sp³-hybridized carbons (Fsp3) is 0.346. The summed E-state index contributed by atoms with van der Waals surface area (Å²) in [6.45, 7) is 2.38. The van der Waals surface area contributed by atoms with Crippen LogP contribution in [-0.4, -0.2) is 53.3 Å². The van der Waals surface area contributed by atoms with Crippen molar-refractivity contribution in [3.8, 4) is 0 Å². The monoisotopic (exact) mass is 543 g/mol. The largest absolute Gasteiger partial charge is 0.379 e. The van der Waals surface area contributed by atoms with Crippen molar-refractivity contribution in [1.82, 2.24) is 14.9 Å². The number of anilines is 2. The molecule has 1 fully saturated rings. The first-order valence-corrected chi connectivity index (χ1v) is 14.0. The van der Waals surface area contributed by atoms with Gasteiger partial charge in [-0.05, 0) is 60.7 Å².